The quantitative estimate of drug-likeness (QED) is 0.513. The summed E-state index contributed by atoms with van der Waals surface area (Å²) in [7, 11) is -2.99. The Morgan fingerprint density at radius 2 is 1.48 bits per heavy atom. The standard InChI is InChI=1S/C21H29N3O2S/c1-3-22-21(23-15-16-27(25,26)4-2)24-17-20(18-11-7-5-8-12-18)19-13-9-6-10-14-19/h5-14,20H,3-4,15-17H2,1-2H3,(H2,22,23,24). The molecular formula is C21H29N3O2S. The van der Waals surface area contributed by atoms with Crippen LogP contribution in [0.4, 0.5) is 0 Å². The van der Waals surface area contributed by atoms with Gasteiger partial charge < -0.3 is 10.6 Å². The summed E-state index contributed by atoms with van der Waals surface area (Å²) in [6.07, 6.45) is 0. The molecule has 0 saturated carbocycles. The van der Waals surface area contributed by atoms with Crippen molar-refractivity contribution in [2.45, 2.75) is 19.8 Å². The van der Waals surface area contributed by atoms with E-state index in [0.29, 0.717) is 25.6 Å². The van der Waals surface area contributed by atoms with E-state index in [1.807, 2.05) is 43.3 Å². The molecule has 5 nitrogen and oxygen atoms in total. The van der Waals surface area contributed by atoms with E-state index in [-0.39, 0.29) is 17.4 Å². The zero-order valence-electron chi connectivity index (χ0n) is 16.1. The van der Waals surface area contributed by atoms with Crippen LogP contribution in [0.1, 0.15) is 30.9 Å². The first-order valence-electron chi connectivity index (χ1n) is 9.38. The van der Waals surface area contributed by atoms with Crippen LogP contribution in [-0.2, 0) is 9.84 Å². The average Bonchev–Trinajstić information content (AvgIpc) is 2.69. The van der Waals surface area contributed by atoms with Gasteiger partial charge >= 0.3 is 0 Å². The molecule has 27 heavy (non-hydrogen) atoms. The third kappa shape index (κ3) is 7.06. The normalized spacial score (nSPS) is 12.2. The van der Waals surface area contributed by atoms with Gasteiger partial charge in [-0.15, -0.1) is 0 Å². The molecule has 0 fully saturated rings. The number of rotatable bonds is 9. The maximum atomic E-state index is 11.7. The highest BCUT2D eigenvalue weighted by Crippen LogP contribution is 2.24. The smallest absolute Gasteiger partial charge is 0.191 e. The first-order chi connectivity index (χ1) is 13.1. The van der Waals surface area contributed by atoms with Gasteiger partial charge in [-0.2, -0.15) is 0 Å². The van der Waals surface area contributed by atoms with Crippen LogP contribution in [0, 0.1) is 0 Å². The van der Waals surface area contributed by atoms with Crippen molar-refractivity contribution in [3.05, 3.63) is 71.8 Å². The van der Waals surface area contributed by atoms with E-state index >= 15 is 0 Å². The van der Waals surface area contributed by atoms with Crippen molar-refractivity contribution in [1.29, 1.82) is 0 Å². The Kier molecular flexibility index (Phi) is 8.33. The van der Waals surface area contributed by atoms with Crippen molar-refractivity contribution >= 4 is 15.8 Å². The highest BCUT2D eigenvalue weighted by atomic mass is 32.2. The Morgan fingerprint density at radius 1 is 0.926 bits per heavy atom. The zero-order chi connectivity index (χ0) is 19.5. The van der Waals surface area contributed by atoms with Gasteiger partial charge in [0.25, 0.3) is 0 Å². The largest absolute Gasteiger partial charge is 0.357 e. The van der Waals surface area contributed by atoms with Crippen molar-refractivity contribution in [1.82, 2.24) is 10.6 Å². The fraction of sp³-hybridized carbons (Fsp3) is 0.381. The Labute approximate surface area is 162 Å². The van der Waals surface area contributed by atoms with Crippen LogP contribution < -0.4 is 10.6 Å². The van der Waals surface area contributed by atoms with Gasteiger partial charge in [-0.3, -0.25) is 4.99 Å². The Bertz CT molecular complexity index is 766. The van der Waals surface area contributed by atoms with Gasteiger partial charge in [0.05, 0.1) is 12.3 Å². The maximum Gasteiger partial charge on any atom is 0.191 e. The number of sulfone groups is 1. The summed E-state index contributed by atoms with van der Waals surface area (Å²) in [6, 6.07) is 20.6. The van der Waals surface area contributed by atoms with Crippen LogP contribution in [0.2, 0.25) is 0 Å². The lowest BCUT2D eigenvalue weighted by atomic mass is 9.91. The number of guanidine groups is 1. The predicted molar refractivity (Wildman–Crippen MR) is 113 cm³/mol. The number of nitrogens with zero attached hydrogens (tertiary/aromatic N) is 1. The molecule has 0 aromatic heterocycles. The summed E-state index contributed by atoms with van der Waals surface area (Å²) in [5, 5.41) is 6.32. The lowest BCUT2D eigenvalue weighted by Crippen LogP contribution is -2.40. The van der Waals surface area contributed by atoms with Gasteiger partial charge in [0.2, 0.25) is 0 Å². The fourth-order valence-electron chi connectivity index (χ4n) is 2.77. The Hall–Kier alpha value is -2.34. The zero-order valence-corrected chi connectivity index (χ0v) is 16.9. The van der Waals surface area contributed by atoms with Gasteiger partial charge in [-0.1, -0.05) is 67.6 Å². The minimum absolute atomic E-state index is 0.106. The van der Waals surface area contributed by atoms with E-state index in [1.54, 1.807) is 6.92 Å². The van der Waals surface area contributed by atoms with Crippen LogP contribution in [0.15, 0.2) is 65.7 Å². The van der Waals surface area contributed by atoms with Gasteiger partial charge in [0, 0.05) is 24.8 Å². The van der Waals surface area contributed by atoms with Crippen molar-refractivity contribution in [2.24, 2.45) is 4.99 Å². The molecule has 0 aliphatic rings. The van der Waals surface area contributed by atoms with Gasteiger partial charge in [-0.05, 0) is 18.1 Å². The fourth-order valence-corrected chi connectivity index (χ4v) is 3.47. The van der Waals surface area contributed by atoms with Crippen molar-refractivity contribution < 1.29 is 8.42 Å². The molecule has 0 unspecified atom stereocenters. The van der Waals surface area contributed by atoms with Crippen LogP contribution in [0.3, 0.4) is 0 Å². The summed E-state index contributed by atoms with van der Waals surface area (Å²) in [5.41, 5.74) is 2.41. The molecule has 0 spiro atoms. The van der Waals surface area contributed by atoms with Crippen LogP contribution in [0.25, 0.3) is 0 Å². The van der Waals surface area contributed by atoms with E-state index in [1.165, 1.54) is 11.1 Å². The van der Waals surface area contributed by atoms with E-state index in [2.05, 4.69) is 34.9 Å². The van der Waals surface area contributed by atoms with E-state index in [9.17, 15) is 8.42 Å². The molecule has 6 heteroatoms. The second-order valence-electron chi connectivity index (χ2n) is 6.26. The van der Waals surface area contributed by atoms with Crippen LogP contribution in [0.5, 0.6) is 0 Å². The molecule has 146 valence electrons. The summed E-state index contributed by atoms with van der Waals surface area (Å²) in [4.78, 5) is 4.71. The molecular weight excluding hydrogens is 358 g/mol. The van der Waals surface area contributed by atoms with Gasteiger partial charge in [0.1, 0.15) is 0 Å². The number of nitrogens with one attached hydrogen (secondary N) is 2. The summed E-state index contributed by atoms with van der Waals surface area (Å²) < 4.78 is 23.3. The van der Waals surface area contributed by atoms with Crippen molar-refractivity contribution in [3.8, 4) is 0 Å². The molecule has 0 aliphatic heterocycles. The van der Waals surface area contributed by atoms with Crippen molar-refractivity contribution in [2.75, 3.05) is 31.1 Å². The number of aliphatic imine (C=N–C) groups is 1. The Balaban J connectivity index is 2.13. The minimum atomic E-state index is -2.99. The number of hydrogen-bond donors (Lipinski definition) is 2. The summed E-state index contributed by atoms with van der Waals surface area (Å²) in [6.45, 7) is 5.30. The lowest BCUT2D eigenvalue weighted by molar-refractivity contribution is 0.595. The third-order valence-corrected chi connectivity index (χ3v) is 6.03. The second-order valence-corrected chi connectivity index (χ2v) is 8.73. The minimum Gasteiger partial charge on any atom is -0.357 e. The van der Waals surface area contributed by atoms with E-state index in [0.717, 1.165) is 0 Å². The molecule has 0 aliphatic carbocycles. The lowest BCUT2D eigenvalue weighted by Gasteiger charge is -2.18. The second kappa shape index (κ2) is 10.7. The monoisotopic (exact) mass is 387 g/mol. The van der Waals surface area contributed by atoms with Crippen LogP contribution in [-0.4, -0.2) is 45.5 Å². The number of hydrogen-bond acceptors (Lipinski definition) is 3. The Morgan fingerprint density at radius 3 is 1.96 bits per heavy atom. The molecule has 0 bridgehead atoms. The number of benzene rings is 2. The first kappa shape index (κ1) is 21.0. The maximum absolute atomic E-state index is 11.7. The average molecular weight is 388 g/mol. The first-order valence-corrected chi connectivity index (χ1v) is 11.2. The SMILES string of the molecule is CCNC(=NCC(c1ccccc1)c1ccccc1)NCCS(=O)(=O)CC. The van der Waals surface area contributed by atoms with Gasteiger partial charge in [-0.25, -0.2) is 8.42 Å². The van der Waals surface area contributed by atoms with Crippen molar-refractivity contribution in [3.63, 3.8) is 0 Å². The van der Waals surface area contributed by atoms with E-state index < -0.39 is 9.84 Å². The molecule has 2 aromatic carbocycles. The molecule has 2 rings (SSSR count). The molecule has 2 N–H and O–H groups in total. The van der Waals surface area contributed by atoms with Crippen LogP contribution >= 0.6 is 0 Å². The third-order valence-electron chi connectivity index (χ3n) is 4.33. The summed E-state index contributed by atoms with van der Waals surface area (Å²) in [5.74, 6) is 1.05. The molecule has 0 radical (unpaired) electrons. The van der Waals surface area contributed by atoms with Gasteiger partial charge in [0.15, 0.2) is 15.8 Å². The highest BCUT2D eigenvalue weighted by molar-refractivity contribution is 7.91. The summed E-state index contributed by atoms with van der Waals surface area (Å²) >= 11 is 0. The molecule has 0 heterocycles. The molecule has 2 aromatic rings. The molecule has 0 amide bonds. The topological polar surface area (TPSA) is 70.6 Å². The highest BCUT2D eigenvalue weighted by Gasteiger charge is 2.14. The predicted octanol–water partition coefficient (Wildman–Crippen LogP) is 2.81. The van der Waals surface area contributed by atoms with E-state index in [4.69, 9.17) is 4.99 Å². The molecule has 0 atom stereocenters. The molecule has 0 saturated heterocycles.